The maximum Gasteiger partial charge on any atom is 0.336 e. The average molecular weight is 1400 g/mol. The molecular formula is C44H70N8O19S12. The molecule has 0 saturated heterocycles. The van der Waals surface area contributed by atoms with Crippen LogP contribution in [-0.2, 0) is 43.1 Å². The summed E-state index contributed by atoms with van der Waals surface area (Å²) < 4.78 is 5.19. The molecule has 3 aromatic heterocycles. The number of nitrogens with zero attached hydrogens (tertiary/aromatic N) is 2. The second kappa shape index (κ2) is 60.6. The Labute approximate surface area is 542 Å². The predicted octanol–water partition coefficient (Wildman–Crippen LogP) is 4.88. The lowest BCUT2D eigenvalue weighted by Crippen LogP contribution is -2.50. The molecule has 0 bridgehead atoms. The van der Waals surface area contributed by atoms with Crippen LogP contribution in [0.25, 0.3) is 0 Å². The Hall–Kier alpha value is -4.49. The van der Waals surface area contributed by atoms with Gasteiger partial charge in [0.2, 0.25) is 10.7 Å². The van der Waals surface area contributed by atoms with Crippen LogP contribution >= 0.6 is 150 Å². The minimum Gasteiger partial charge on any atom is -0.481 e. The van der Waals surface area contributed by atoms with Crippen molar-refractivity contribution in [2.45, 2.75) is 85.2 Å². The van der Waals surface area contributed by atoms with Crippen LogP contribution in [0.5, 0.6) is 0 Å². The molecule has 27 nitrogen and oxygen atoms in total. The summed E-state index contributed by atoms with van der Waals surface area (Å²) in [6.45, 7) is 6.21. The smallest absolute Gasteiger partial charge is 0.336 e. The van der Waals surface area contributed by atoms with Crippen molar-refractivity contribution < 1.29 is 93.8 Å². The number of aromatic amines is 4. The Kier molecular flexibility index (Phi) is 67.4. The molecule has 472 valence electrons. The second-order valence-corrected chi connectivity index (χ2v) is 20.5. The average Bonchev–Trinajstić information content (AvgIpc) is 3.89. The van der Waals surface area contributed by atoms with Crippen molar-refractivity contribution in [3.05, 3.63) is 93.2 Å². The van der Waals surface area contributed by atoms with Crippen LogP contribution in [0.3, 0.4) is 0 Å². The first-order valence-electron chi connectivity index (χ1n) is 22.1. The highest BCUT2D eigenvalue weighted by Crippen LogP contribution is 2.17. The summed E-state index contributed by atoms with van der Waals surface area (Å²) in [5, 5.41) is 81.1. The van der Waals surface area contributed by atoms with Crippen molar-refractivity contribution in [3.8, 4) is 0 Å². The maximum atomic E-state index is 10.6. The van der Waals surface area contributed by atoms with E-state index in [4.69, 9.17) is 63.9 Å². The lowest BCUT2D eigenvalue weighted by Gasteiger charge is -2.26. The number of nitrogens with two attached hydrogens (primary N) is 1. The van der Waals surface area contributed by atoms with Gasteiger partial charge in [0.15, 0.2) is 10.2 Å². The van der Waals surface area contributed by atoms with Crippen molar-refractivity contribution in [1.82, 2.24) is 35.5 Å². The number of hydrogen-bond acceptors (Lipinski definition) is 27. The van der Waals surface area contributed by atoms with Gasteiger partial charge in [-0.2, -0.15) is 88.4 Å². The maximum absolute atomic E-state index is 10.6. The third-order valence-corrected chi connectivity index (χ3v) is 10.3. The second-order valence-electron chi connectivity index (χ2n) is 14.4. The normalized spacial score (nSPS) is 11.4. The third-order valence-electron chi connectivity index (χ3n) is 6.83. The number of carbonyl (C=O) groups excluding carboxylic acids is 2. The first kappa shape index (κ1) is 92.2. The number of aliphatic hydroxyl groups excluding tert-OH is 2. The van der Waals surface area contributed by atoms with Crippen LogP contribution in [0.2, 0.25) is 0 Å². The minimum atomic E-state index is -1.08. The summed E-state index contributed by atoms with van der Waals surface area (Å²) >= 11 is 47.5. The Morgan fingerprint density at radius 3 is 1.40 bits per heavy atom. The van der Waals surface area contributed by atoms with E-state index in [9.17, 15) is 43.2 Å². The van der Waals surface area contributed by atoms with Gasteiger partial charge >= 0.3 is 41.8 Å². The van der Waals surface area contributed by atoms with E-state index in [2.05, 4.69) is 178 Å². The standard InChI is InChI=1S/C7H13NO3S.C7H6O2S.C5H5NS.C4H4N2S.C4H6O4S.C4H10O2S2.C3H7NO2S.2C3H6O2S.C2H3N3S.C2H4O2S/c1-4(9)8-5(6(10)11)7(2,3)12;8-7(9)5-3-1-2-4-6(5)10;7-5-3-1-2-4-6-5;7-4-5-2-1-3-6-4;5-2-8-4(9)1-3(6)7;5-3(1-7)4(6)2-8;4-2(1-7)3(5)6;1-2(6)3(4)5;4-3(5)1-2-6;6-2-3-1-4-5-2;3-2(4)1-5/h5,12H,1-3H3,(H,8,9)(H,10,11);1-4,10H,(H,8,9);1-4H,(H,6,7);1-3H,(H,5,6,7);2,4,9H,1H2,(H,6,7);3-8H,1-2H2;2,7H,1,4H2,(H,5,6);2,6H,1H3,(H,4,5);6H,1-2H2,(H,4,5);1H,(H2,3,4,5,6);5H,1H2,(H,3,4)/t;;;;;3-,4+;;;;;. The molecule has 1 aromatic carbocycles. The van der Waals surface area contributed by atoms with Crippen LogP contribution in [0.15, 0.2) is 78.3 Å². The zero-order valence-corrected chi connectivity index (χ0v) is 54.7. The van der Waals surface area contributed by atoms with E-state index in [-0.39, 0.29) is 53.8 Å². The number of nitrogens with one attached hydrogen (secondary N) is 5. The van der Waals surface area contributed by atoms with Gasteiger partial charge < -0.3 is 71.7 Å². The number of hydrogen-bond donors (Lipinski definition) is 24. The molecule has 0 fully saturated rings. The molecule has 0 spiro atoms. The van der Waals surface area contributed by atoms with Gasteiger partial charge in [0.1, 0.15) is 23.1 Å². The molecule has 0 aliphatic rings. The van der Waals surface area contributed by atoms with Gasteiger partial charge in [0.25, 0.3) is 6.47 Å². The number of aliphatic carboxylic acids is 6. The van der Waals surface area contributed by atoms with Gasteiger partial charge in [-0.1, -0.05) is 30.4 Å². The molecule has 83 heavy (non-hydrogen) atoms. The summed E-state index contributed by atoms with van der Waals surface area (Å²) in [6, 6.07) is 12.2. The fourth-order valence-corrected chi connectivity index (χ4v) is 4.84. The number of aliphatic hydroxyl groups is 2. The first-order valence-corrected chi connectivity index (χ1v) is 28.4. The van der Waals surface area contributed by atoms with Crippen LogP contribution in [0.4, 0.5) is 0 Å². The number of amides is 1. The Morgan fingerprint density at radius 1 is 0.735 bits per heavy atom. The number of carbonyl (C=O) groups is 9. The van der Waals surface area contributed by atoms with Crippen LogP contribution in [-0.4, -0.2) is 199 Å². The summed E-state index contributed by atoms with van der Waals surface area (Å²) in [7, 11) is 0. The Morgan fingerprint density at radius 2 is 1.23 bits per heavy atom. The highest BCUT2D eigenvalue weighted by atomic mass is 32.1. The molecule has 3 heterocycles. The number of H-pyrrole nitrogens is 4. The van der Waals surface area contributed by atoms with Gasteiger partial charge in [-0.25, -0.2) is 19.6 Å². The fourth-order valence-electron chi connectivity index (χ4n) is 2.98. The highest BCUT2D eigenvalue weighted by Gasteiger charge is 2.32. The van der Waals surface area contributed by atoms with E-state index in [1.54, 1.807) is 50.5 Å². The molecular weight excluding hydrogens is 1330 g/mol. The van der Waals surface area contributed by atoms with Gasteiger partial charge in [-0.05, 0) is 75.5 Å². The van der Waals surface area contributed by atoms with E-state index >= 15 is 0 Å². The molecule has 4 rings (SSSR count). The molecule has 0 aliphatic carbocycles. The lowest BCUT2D eigenvalue weighted by molar-refractivity contribution is -0.142. The number of pyridine rings is 1. The Bertz CT molecular complexity index is 2450. The lowest BCUT2D eigenvalue weighted by atomic mass is 10.0. The number of aromatic carboxylic acids is 1. The van der Waals surface area contributed by atoms with Crippen LogP contribution < -0.4 is 11.1 Å². The number of rotatable bonds is 17. The monoisotopic (exact) mass is 1400 g/mol. The number of ether oxygens (including phenoxy) is 1. The molecule has 4 aromatic rings. The molecule has 6 atom stereocenters. The zero-order chi connectivity index (χ0) is 66.3. The molecule has 39 heteroatoms. The van der Waals surface area contributed by atoms with E-state index in [1.165, 1.54) is 26.2 Å². The number of aromatic nitrogens is 6. The number of carboxylic acid groups (broad SMARTS) is 7. The molecule has 1 amide bonds. The predicted molar refractivity (Wildman–Crippen MR) is 349 cm³/mol. The van der Waals surface area contributed by atoms with Crippen molar-refractivity contribution in [3.63, 3.8) is 0 Å². The fraction of sp³-hybridized carbons (Fsp3) is 0.409. The minimum absolute atomic E-state index is 0.0833. The quantitative estimate of drug-likeness (QED) is 0.0290. The number of carboxylic acids is 7. The van der Waals surface area contributed by atoms with Gasteiger partial charge in [-0.15, -0.1) is 25.3 Å². The molecule has 16 N–H and O–H groups in total. The number of benzene rings is 1. The van der Waals surface area contributed by atoms with Crippen LogP contribution in [0.1, 0.15) is 50.9 Å². The van der Waals surface area contributed by atoms with E-state index < -0.39 is 81.5 Å². The molecule has 0 saturated carbocycles. The largest absolute Gasteiger partial charge is 0.481 e. The van der Waals surface area contributed by atoms with Crippen molar-refractivity contribution >= 4 is 204 Å². The summed E-state index contributed by atoms with van der Waals surface area (Å²) in [6.07, 6.45) is 5.11. The number of thiol groups is 9. The summed E-state index contributed by atoms with van der Waals surface area (Å²) in [5.41, 5.74) is 4.35. The molecule has 0 radical (unpaired) electrons. The van der Waals surface area contributed by atoms with Crippen LogP contribution in [0, 0.1) is 14.2 Å². The Balaban J connectivity index is -0.000000154. The van der Waals surface area contributed by atoms with Crippen molar-refractivity contribution in [2.75, 3.05) is 28.8 Å². The molecule has 4 unspecified atom stereocenters. The SMILES string of the molecule is CC(=O)NC(C(=O)O)C(C)(C)S.CC(S)C(=O)O.NC(CS)C(=O)O.O=C(O)CCS.O=C(O)CS.O=C(O)c1ccccc1S.O=COC(S)CC(=O)O.O[C@H](CS)[C@@H](O)CS.S=c1cccc[nH]1.S=c1nc[nH][nH]1.S=c1nccc[nH]1. The first-order chi connectivity index (χ1) is 38.4. The molecule has 0 aliphatic heterocycles. The summed E-state index contributed by atoms with van der Waals surface area (Å²) in [4.78, 5) is 103. The topological polar surface area (TPSA) is 472 Å². The summed E-state index contributed by atoms with van der Waals surface area (Å²) in [5.74, 6) is -5.89. The highest BCUT2D eigenvalue weighted by molar-refractivity contribution is 7.82. The van der Waals surface area contributed by atoms with E-state index in [1.807, 2.05) is 24.4 Å². The van der Waals surface area contributed by atoms with Gasteiger partial charge in [-0.3, -0.25) is 43.8 Å². The van der Waals surface area contributed by atoms with Gasteiger partial charge in [0, 0.05) is 58.2 Å². The third kappa shape index (κ3) is 73.6. The zero-order valence-electron chi connectivity index (χ0n) is 44.2. The van der Waals surface area contributed by atoms with E-state index in [0.29, 0.717) is 20.2 Å². The van der Waals surface area contributed by atoms with Crippen molar-refractivity contribution in [1.29, 1.82) is 0 Å². The van der Waals surface area contributed by atoms with Gasteiger partial charge in [0.05, 0.1) is 41.6 Å². The van der Waals surface area contributed by atoms with Crippen molar-refractivity contribution in [2.24, 2.45) is 5.73 Å². The van der Waals surface area contributed by atoms with E-state index in [0.717, 1.165) is 4.64 Å².